The number of nitrogens with zero attached hydrogens (tertiary/aromatic N) is 1. The summed E-state index contributed by atoms with van der Waals surface area (Å²) in [6.07, 6.45) is 3.13. The van der Waals surface area contributed by atoms with Crippen molar-refractivity contribution in [2.24, 2.45) is 0 Å². The molecule has 7 nitrogen and oxygen atoms in total. The van der Waals surface area contributed by atoms with E-state index in [1.165, 1.54) is 0 Å². The van der Waals surface area contributed by atoms with Crippen molar-refractivity contribution in [3.8, 4) is 0 Å². The van der Waals surface area contributed by atoms with Crippen molar-refractivity contribution in [3.63, 3.8) is 0 Å². The van der Waals surface area contributed by atoms with Gasteiger partial charge in [-0.1, -0.05) is 0 Å². The van der Waals surface area contributed by atoms with Gasteiger partial charge in [-0.2, -0.15) is 0 Å². The fourth-order valence-electron chi connectivity index (χ4n) is 2.80. The third-order valence-electron chi connectivity index (χ3n) is 3.71. The summed E-state index contributed by atoms with van der Waals surface area (Å²) in [5.41, 5.74) is 0. The zero-order chi connectivity index (χ0) is 13.1. The normalized spacial score (nSPS) is 28.7. The number of amides is 2. The van der Waals surface area contributed by atoms with E-state index in [-0.39, 0.29) is 6.04 Å². The number of rotatable bonds is 4. The Morgan fingerprint density at radius 2 is 2.11 bits per heavy atom. The number of aliphatic carboxylic acids is 1. The molecule has 2 amide bonds. The lowest BCUT2D eigenvalue weighted by atomic mass is 10.1. The maximum Gasteiger partial charge on any atom is 0.328 e. The summed E-state index contributed by atoms with van der Waals surface area (Å²) in [6, 6.07) is -1.30. The summed E-state index contributed by atoms with van der Waals surface area (Å²) in [5.74, 6) is -1.23. The molecule has 0 spiro atoms. The average Bonchev–Trinajstić information content (AvgIpc) is 2.90. The Morgan fingerprint density at radius 3 is 2.78 bits per heavy atom. The number of urea groups is 1. The first-order valence-electron chi connectivity index (χ1n) is 6.26. The minimum Gasteiger partial charge on any atom is -0.480 e. The molecule has 102 valence electrons. The minimum absolute atomic E-state index is 0.0839. The van der Waals surface area contributed by atoms with E-state index in [9.17, 15) is 9.59 Å². The van der Waals surface area contributed by atoms with Gasteiger partial charge in [0.25, 0.3) is 0 Å². The molecule has 2 fully saturated rings. The van der Waals surface area contributed by atoms with Crippen LogP contribution in [0.1, 0.15) is 19.3 Å². The lowest BCUT2D eigenvalue weighted by Gasteiger charge is -2.22. The molecule has 18 heavy (non-hydrogen) atoms. The second-order valence-electron chi connectivity index (χ2n) is 4.83. The molecule has 3 unspecified atom stereocenters. The first-order chi connectivity index (χ1) is 8.61. The molecule has 2 saturated heterocycles. The number of aliphatic hydroxyl groups excluding tert-OH is 1. The predicted octanol–water partition coefficient (Wildman–Crippen LogP) is -1.03. The number of carboxylic acids is 1. The Hall–Kier alpha value is -1.34. The molecule has 2 heterocycles. The summed E-state index contributed by atoms with van der Waals surface area (Å²) in [6.45, 7) is 1.46. The molecule has 3 atom stereocenters. The third kappa shape index (κ3) is 2.73. The molecule has 0 aliphatic carbocycles. The topological polar surface area (TPSA) is 102 Å². The van der Waals surface area contributed by atoms with E-state index in [2.05, 4.69) is 15.5 Å². The van der Waals surface area contributed by atoms with Crippen LogP contribution in [0.15, 0.2) is 0 Å². The monoisotopic (exact) mass is 257 g/mol. The minimum atomic E-state index is -1.24. The molecule has 0 aromatic carbocycles. The van der Waals surface area contributed by atoms with Crippen molar-refractivity contribution < 1.29 is 19.8 Å². The molecule has 2 aliphatic rings. The SMILES string of the molecule is O=C(NC(CO)C(=O)O)NC1CCN2CCCC12. The summed E-state index contributed by atoms with van der Waals surface area (Å²) in [7, 11) is 0. The molecule has 0 bridgehead atoms. The van der Waals surface area contributed by atoms with E-state index >= 15 is 0 Å². The number of hydrogen-bond acceptors (Lipinski definition) is 4. The van der Waals surface area contributed by atoms with E-state index in [4.69, 9.17) is 10.2 Å². The molecule has 2 aliphatic heterocycles. The standard InChI is InChI=1S/C11H19N3O4/c15-6-8(10(16)17)13-11(18)12-7-3-5-14-4-1-2-9(7)14/h7-9,15H,1-6H2,(H,16,17)(H2,12,13,18). The van der Waals surface area contributed by atoms with Gasteiger partial charge in [0, 0.05) is 18.6 Å². The number of nitrogens with one attached hydrogen (secondary N) is 2. The van der Waals surface area contributed by atoms with Crippen LogP contribution in [-0.4, -0.2) is 64.9 Å². The second-order valence-corrected chi connectivity index (χ2v) is 4.83. The van der Waals surface area contributed by atoms with Gasteiger partial charge in [0.2, 0.25) is 0 Å². The molecular formula is C11H19N3O4. The first-order valence-corrected chi connectivity index (χ1v) is 6.26. The quantitative estimate of drug-likeness (QED) is 0.516. The van der Waals surface area contributed by atoms with Gasteiger partial charge in [-0.15, -0.1) is 0 Å². The average molecular weight is 257 g/mol. The highest BCUT2D eigenvalue weighted by molar-refractivity contribution is 5.82. The predicted molar refractivity (Wildman–Crippen MR) is 63.2 cm³/mol. The van der Waals surface area contributed by atoms with Crippen molar-refractivity contribution >= 4 is 12.0 Å². The van der Waals surface area contributed by atoms with Gasteiger partial charge in [-0.05, 0) is 25.8 Å². The van der Waals surface area contributed by atoms with Gasteiger partial charge in [-0.25, -0.2) is 9.59 Å². The van der Waals surface area contributed by atoms with Crippen LogP contribution in [0, 0.1) is 0 Å². The third-order valence-corrected chi connectivity index (χ3v) is 3.71. The number of carboxylic acid groups (broad SMARTS) is 1. The molecule has 7 heteroatoms. The maximum absolute atomic E-state index is 11.6. The zero-order valence-electron chi connectivity index (χ0n) is 10.1. The Bertz CT molecular complexity index is 336. The zero-order valence-corrected chi connectivity index (χ0v) is 10.1. The van der Waals surface area contributed by atoms with Gasteiger partial charge in [0.15, 0.2) is 6.04 Å². The summed E-state index contributed by atoms with van der Waals surface area (Å²) < 4.78 is 0. The Morgan fingerprint density at radius 1 is 1.33 bits per heavy atom. The molecular weight excluding hydrogens is 238 g/mol. The van der Waals surface area contributed by atoms with E-state index < -0.39 is 24.6 Å². The first kappa shape index (κ1) is 13.1. The van der Waals surface area contributed by atoms with Crippen LogP contribution in [0.25, 0.3) is 0 Å². The largest absolute Gasteiger partial charge is 0.480 e. The Kier molecular flexibility index (Phi) is 4.03. The van der Waals surface area contributed by atoms with Crippen LogP contribution >= 0.6 is 0 Å². The van der Waals surface area contributed by atoms with Gasteiger partial charge < -0.3 is 20.8 Å². The van der Waals surface area contributed by atoms with Gasteiger partial charge >= 0.3 is 12.0 Å². The highest BCUT2D eigenvalue weighted by Crippen LogP contribution is 2.27. The lowest BCUT2D eigenvalue weighted by molar-refractivity contribution is -0.140. The highest BCUT2D eigenvalue weighted by atomic mass is 16.4. The van der Waals surface area contributed by atoms with Crippen molar-refractivity contribution in [1.29, 1.82) is 0 Å². The summed E-state index contributed by atoms with van der Waals surface area (Å²) >= 11 is 0. The number of carbonyl (C=O) groups is 2. The smallest absolute Gasteiger partial charge is 0.328 e. The Labute approximate surface area is 105 Å². The van der Waals surface area contributed by atoms with E-state index in [0.717, 1.165) is 32.4 Å². The highest BCUT2D eigenvalue weighted by Gasteiger charge is 2.38. The van der Waals surface area contributed by atoms with Crippen LogP contribution in [0.2, 0.25) is 0 Å². The fraction of sp³-hybridized carbons (Fsp3) is 0.818. The van der Waals surface area contributed by atoms with Gasteiger partial charge in [0.05, 0.1) is 6.61 Å². The number of hydrogen-bond donors (Lipinski definition) is 4. The molecule has 0 radical (unpaired) electrons. The molecule has 0 aromatic heterocycles. The number of carbonyl (C=O) groups excluding carboxylic acids is 1. The van der Waals surface area contributed by atoms with Crippen molar-refractivity contribution in [2.45, 2.75) is 37.4 Å². The van der Waals surface area contributed by atoms with Crippen LogP contribution in [0.3, 0.4) is 0 Å². The van der Waals surface area contributed by atoms with Crippen molar-refractivity contribution in [1.82, 2.24) is 15.5 Å². The van der Waals surface area contributed by atoms with Gasteiger partial charge in [-0.3, -0.25) is 4.90 Å². The van der Waals surface area contributed by atoms with E-state index in [1.807, 2.05) is 0 Å². The van der Waals surface area contributed by atoms with Crippen molar-refractivity contribution in [2.75, 3.05) is 19.7 Å². The number of fused-ring (bicyclic) bond motifs is 1. The van der Waals surface area contributed by atoms with Crippen LogP contribution in [-0.2, 0) is 4.79 Å². The molecule has 0 aromatic rings. The van der Waals surface area contributed by atoms with E-state index in [1.54, 1.807) is 0 Å². The Balaban J connectivity index is 1.82. The summed E-state index contributed by atoms with van der Waals surface area (Å²) in [4.78, 5) is 24.7. The molecule has 0 saturated carbocycles. The number of aliphatic hydroxyl groups is 1. The second kappa shape index (κ2) is 5.53. The summed E-state index contributed by atoms with van der Waals surface area (Å²) in [5, 5.41) is 22.6. The molecule has 2 rings (SSSR count). The lowest BCUT2D eigenvalue weighted by Crippen LogP contribution is -2.52. The van der Waals surface area contributed by atoms with Gasteiger partial charge in [0.1, 0.15) is 0 Å². The van der Waals surface area contributed by atoms with Crippen LogP contribution in [0.5, 0.6) is 0 Å². The van der Waals surface area contributed by atoms with Crippen molar-refractivity contribution in [3.05, 3.63) is 0 Å². The van der Waals surface area contributed by atoms with Crippen LogP contribution < -0.4 is 10.6 Å². The van der Waals surface area contributed by atoms with Crippen LogP contribution in [0.4, 0.5) is 4.79 Å². The maximum atomic E-state index is 11.6. The molecule has 4 N–H and O–H groups in total. The fourth-order valence-corrected chi connectivity index (χ4v) is 2.80. The van der Waals surface area contributed by atoms with E-state index in [0.29, 0.717) is 6.04 Å².